The summed E-state index contributed by atoms with van der Waals surface area (Å²) in [5.74, 6) is 0. The second-order valence-corrected chi connectivity index (χ2v) is 14.9. The van der Waals surface area contributed by atoms with Gasteiger partial charge in [0.1, 0.15) is 22.3 Å². The number of rotatable bonds is 6. The fourth-order valence-corrected chi connectivity index (χ4v) is 8.90. The van der Waals surface area contributed by atoms with Gasteiger partial charge in [-0.25, -0.2) is 0 Å². The third-order valence-electron chi connectivity index (χ3n) is 11.6. The summed E-state index contributed by atoms with van der Waals surface area (Å²) in [5.41, 5.74) is 14.7. The van der Waals surface area contributed by atoms with Crippen LogP contribution in [0, 0.1) is 0 Å². The van der Waals surface area contributed by atoms with Gasteiger partial charge in [0.2, 0.25) is 0 Å². The molecule has 0 spiro atoms. The maximum Gasteiger partial charge on any atom is 0.137 e. The number of anilines is 3. The predicted octanol–water partition coefficient (Wildman–Crippen LogP) is 15.4. The standard InChI is InChI=1S/C54H34N2O2/c1-3-12-35(13-4-1)36-22-26-40(27-23-36)55(41-28-31-51-45(34-41)43-17-8-10-20-50(43)57-51)49-19-11-21-53-54(49)46-33-38(25-30-52(46)58-53)37-24-29-48-44(32-37)42-16-7-9-18-47(42)56(48)39-14-5-2-6-15-39/h1-34H. The average molecular weight is 743 g/mol. The van der Waals surface area contributed by atoms with Gasteiger partial charge in [-0.05, 0) is 113 Å². The van der Waals surface area contributed by atoms with Crippen LogP contribution in [0.1, 0.15) is 0 Å². The van der Waals surface area contributed by atoms with Crippen molar-refractivity contribution in [2.75, 3.05) is 4.90 Å². The molecule has 0 aliphatic carbocycles. The molecule has 0 radical (unpaired) electrons. The lowest BCUT2D eigenvalue weighted by molar-refractivity contribution is 0.668. The molecule has 0 saturated carbocycles. The number of furan rings is 2. The van der Waals surface area contributed by atoms with Crippen molar-refractivity contribution in [1.82, 2.24) is 4.57 Å². The van der Waals surface area contributed by atoms with E-state index < -0.39 is 0 Å². The summed E-state index contributed by atoms with van der Waals surface area (Å²) in [4.78, 5) is 2.35. The van der Waals surface area contributed by atoms with Gasteiger partial charge >= 0.3 is 0 Å². The van der Waals surface area contributed by atoms with Gasteiger partial charge in [-0.15, -0.1) is 0 Å². The minimum Gasteiger partial charge on any atom is -0.456 e. The highest BCUT2D eigenvalue weighted by Crippen LogP contribution is 2.45. The van der Waals surface area contributed by atoms with Crippen molar-refractivity contribution in [2.45, 2.75) is 0 Å². The summed E-state index contributed by atoms with van der Waals surface area (Å²) >= 11 is 0. The van der Waals surface area contributed by atoms with Crippen LogP contribution >= 0.6 is 0 Å². The maximum atomic E-state index is 6.63. The lowest BCUT2D eigenvalue weighted by Crippen LogP contribution is -2.10. The van der Waals surface area contributed by atoms with E-state index in [1.165, 1.54) is 32.9 Å². The molecule has 12 rings (SSSR count). The predicted molar refractivity (Wildman–Crippen MR) is 241 cm³/mol. The molecule has 0 N–H and O–H groups in total. The molecule has 0 aliphatic rings. The van der Waals surface area contributed by atoms with Gasteiger partial charge in [0.05, 0.1) is 22.1 Å². The Kier molecular flexibility index (Phi) is 7.20. The number of benzene rings is 9. The topological polar surface area (TPSA) is 34.5 Å². The molecule has 0 fully saturated rings. The molecule has 12 aromatic rings. The molecule has 9 aromatic carbocycles. The molecule has 0 amide bonds. The Bertz CT molecular complexity index is 3500. The van der Waals surface area contributed by atoms with Gasteiger partial charge < -0.3 is 18.3 Å². The van der Waals surface area contributed by atoms with E-state index in [2.05, 4.69) is 204 Å². The van der Waals surface area contributed by atoms with Gasteiger partial charge in [-0.2, -0.15) is 0 Å². The molecule has 3 aromatic heterocycles. The first kappa shape index (κ1) is 32.4. The molecule has 58 heavy (non-hydrogen) atoms. The van der Waals surface area contributed by atoms with Crippen molar-refractivity contribution in [3.05, 3.63) is 206 Å². The highest BCUT2D eigenvalue weighted by Gasteiger charge is 2.22. The Morgan fingerprint density at radius 2 is 0.897 bits per heavy atom. The smallest absolute Gasteiger partial charge is 0.137 e. The SMILES string of the molecule is c1ccc(-c2ccc(N(c3ccc4oc5ccccc5c4c3)c3cccc4oc5ccc(-c6ccc7c(c6)c6ccccc6n7-c6ccccc6)cc5c34)cc2)cc1. The van der Waals surface area contributed by atoms with E-state index >= 15 is 0 Å². The summed E-state index contributed by atoms with van der Waals surface area (Å²) in [6.45, 7) is 0. The summed E-state index contributed by atoms with van der Waals surface area (Å²) in [7, 11) is 0. The second kappa shape index (κ2) is 12.9. The molecule has 272 valence electrons. The Hall–Kier alpha value is -7.82. The zero-order valence-corrected chi connectivity index (χ0v) is 31.3. The summed E-state index contributed by atoms with van der Waals surface area (Å²) < 4.78 is 15.3. The highest BCUT2D eigenvalue weighted by atomic mass is 16.3. The lowest BCUT2D eigenvalue weighted by Gasteiger charge is -2.26. The fraction of sp³-hybridized carbons (Fsp3) is 0. The summed E-state index contributed by atoms with van der Waals surface area (Å²) in [5, 5.41) is 6.76. The van der Waals surface area contributed by atoms with Crippen molar-refractivity contribution in [1.29, 1.82) is 0 Å². The van der Waals surface area contributed by atoms with Gasteiger partial charge in [0.25, 0.3) is 0 Å². The number of nitrogens with zero attached hydrogens (tertiary/aromatic N) is 2. The number of hydrogen-bond acceptors (Lipinski definition) is 3. The molecule has 0 saturated heterocycles. The number of hydrogen-bond donors (Lipinski definition) is 0. The monoisotopic (exact) mass is 742 g/mol. The van der Waals surface area contributed by atoms with Crippen molar-refractivity contribution < 1.29 is 8.83 Å². The van der Waals surface area contributed by atoms with Crippen LogP contribution in [-0.2, 0) is 0 Å². The normalized spacial score (nSPS) is 11.8. The third kappa shape index (κ3) is 5.09. The number of fused-ring (bicyclic) bond motifs is 9. The minimum absolute atomic E-state index is 0.840. The minimum atomic E-state index is 0.840. The van der Waals surface area contributed by atoms with Gasteiger partial charge in [-0.1, -0.05) is 115 Å². The molecule has 0 bridgehead atoms. The maximum absolute atomic E-state index is 6.63. The Morgan fingerprint density at radius 3 is 1.74 bits per heavy atom. The fourth-order valence-electron chi connectivity index (χ4n) is 8.90. The molecular weight excluding hydrogens is 709 g/mol. The van der Waals surface area contributed by atoms with Gasteiger partial charge in [-0.3, -0.25) is 0 Å². The Labute approximate surface area is 334 Å². The van der Waals surface area contributed by atoms with Gasteiger partial charge in [0, 0.05) is 44.0 Å². The average Bonchev–Trinajstić information content (AvgIpc) is 3.96. The van der Waals surface area contributed by atoms with Crippen molar-refractivity contribution >= 4 is 82.7 Å². The van der Waals surface area contributed by atoms with E-state index in [1.54, 1.807) is 0 Å². The largest absolute Gasteiger partial charge is 0.456 e. The van der Waals surface area contributed by atoms with Crippen molar-refractivity contribution in [2.24, 2.45) is 0 Å². The molecule has 0 aliphatic heterocycles. The highest BCUT2D eigenvalue weighted by molar-refractivity contribution is 6.16. The van der Waals surface area contributed by atoms with Gasteiger partial charge in [0.15, 0.2) is 0 Å². The molecule has 0 atom stereocenters. The van der Waals surface area contributed by atoms with Crippen LogP contribution in [-0.4, -0.2) is 4.57 Å². The zero-order chi connectivity index (χ0) is 38.2. The van der Waals surface area contributed by atoms with E-state index in [9.17, 15) is 0 Å². The molecule has 4 nitrogen and oxygen atoms in total. The van der Waals surface area contributed by atoms with E-state index in [4.69, 9.17) is 8.83 Å². The zero-order valence-electron chi connectivity index (χ0n) is 31.3. The molecule has 0 unspecified atom stereocenters. The quantitative estimate of drug-likeness (QED) is 0.170. The summed E-state index contributed by atoms with van der Waals surface area (Å²) in [6.07, 6.45) is 0. The van der Waals surface area contributed by atoms with Crippen molar-refractivity contribution in [3.8, 4) is 27.9 Å². The Morgan fingerprint density at radius 1 is 0.328 bits per heavy atom. The molecule has 3 heterocycles. The number of para-hydroxylation sites is 3. The van der Waals surface area contributed by atoms with Crippen LogP contribution in [0.3, 0.4) is 0 Å². The second-order valence-electron chi connectivity index (χ2n) is 14.9. The first-order valence-electron chi connectivity index (χ1n) is 19.7. The van der Waals surface area contributed by atoms with E-state index in [1.807, 2.05) is 12.1 Å². The van der Waals surface area contributed by atoms with E-state index in [0.29, 0.717) is 0 Å². The van der Waals surface area contributed by atoms with Crippen LogP contribution in [0.5, 0.6) is 0 Å². The van der Waals surface area contributed by atoms with E-state index in [-0.39, 0.29) is 0 Å². The Balaban J connectivity index is 1.05. The van der Waals surface area contributed by atoms with Crippen LogP contribution in [0.15, 0.2) is 215 Å². The first-order chi connectivity index (χ1) is 28.7. The first-order valence-corrected chi connectivity index (χ1v) is 19.7. The van der Waals surface area contributed by atoms with Crippen molar-refractivity contribution in [3.63, 3.8) is 0 Å². The third-order valence-corrected chi connectivity index (χ3v) is 11.6. The number of aromatic nitrogens is 1. The van der Waals surface area contributed by atoms with Crippen LogP contribution in [0.2, 0.25) is 0 Å². The van der Waals surface area contributed by atoms with Crippen LogP contribution < -0.4 is 4.90 Å². The molecular formula is C54H34N2O2. The lowest BCUT2D eigenvalue weighted by atomic mass is 9.99. The van der Waals surface area contributed by atoms with Crippen LogP contribution in [0.4, 0.5) is 17.1 Å². The van der Waals surface area contributed by atoms with E-state index in [0.717, 1.165) is 77.8 Å². The summed E-state index contributed by atoms with van der Waals surface area (Å²) in [6, 6.07) is 73.2. The molecule has 4 heteroatoms. The van der Waals surface area contributed by atoms with Crippen LogP contribution in [0.25, 0.3) is 93.6 Å².